The minimum Gasteiger partial charge on any atom is -0.330 e. The highest BCUT2D eigenvalue weighted by molar-refractivity contribution is 6.30. The maximum Gasteiger partial charge on any atom is 0.281 e. The van der Waals surface area contributed by atoms with Crippen LogP contribution in [0, 0.1) is 10.1 Å². The smallest absolute Gasteiger partial charge is 0.281 e. The van der Waals surface area contributed by atoms with E-state index in [0.717, 1.165) is 12.1 Å². The number of alkyl halides is 2. The van der Waals surface area contributed by atoms with Crippen LogP contribution in [-0.2, 0) is 5.92 Å². The fourth-order valence-corrected chi connectivity index (χ4v) is 1.45. The lowest BCUT2D eigenvalue weighted by atomic mass is 10.0. The van der Waals surface area contributed by atoms with E-state index in [-0.39, 0.29) is 11.6 Å². The lowest BCUT2D eigenvalue weighted by Gasteiger charge is -2.15. The summed E-state index contributed by atoms with van der Waals surface area (Å²) in [6.45, 7) is -0.267. The maximum atomic E-state index is 13.5. The van der Waals surface area contributed by atoms with E-state index >= 15 is 0 Å². The molecule has 4 nitrogen and oxygen atoms in total. The van der Waals surface area contributed by atoms with Crippen molar-refractivity contribution in [2.75, 3.05) is 6.54 Å². The van der Waals surface area contributed by atoms with Crippen LogP contribution in [0.1, 0.15) is 12.0 Å². The molecule has 0 fully saturated rings. The van der Waals surface area contributed by atoms with Gasteiger partial charge in [0.2, 0.25) is 0 Å². The van der Waals surface area contributed by atoms with Gasteiger partial charge in [-0.25, -0.2) is 8.78 Å². The number of benzene rings is 1. The van der Waals surface area contributed by atoms with E-state index in [9.17, 15) is 18.9 Å². The molecule has 0 spiro atoms. The van der Waals surface area contributed by atoms with Gasteiger partial charge in [0, 0.05) is 17.5 Å². The first-order chi connectivity index (χ1) is 7.38. The zero-order chi connectivity index (χ0) is 12.3. The fourth-order valence-electron chi connectivity index (χ4n) is 1.28. The van der Waals surface area contributed by atoms with Crippen molar-refractivity contribution >= 4 is 17.3 Å². The minimum atomic E-state index is -3.35. The molecule has 0 saturated carbocycles. The van der Waals surface area contributed by atoms with Crippen LogP contribution in [0.2, 0.25) is 5.02 Å². The second-order valence-corrected chi connectivity index (χ2v) is 3.60. The van der Waals surface area contributed by atoms with Crippen molar-refractivity contribution in [2.24, 2.45) is 5.73 Å². The summed E-state index contributed by atoms with van der Waals surface area (Å²) >= 11 is 5.54. The van der Waals surface area contributed by atoms with E-state index in [1.54, 1.807) is 0 Å². The number of rotatable bonds is 4. The average Bonchev–Trinajstić information content (AvgIpc) is 2.17. The zero-order valence-electron chi connectivity index (χ0n) is 8.12. The first kappa shape index (κ1) is 12.8. The Hall–Kier alpha value is -1.27. The number of nitro groups is 1. The van der Waals surface area contributed by atoms with Gasteiger partial charge in [0.25, 0.3) is 11.6 Å². The third-order valence-electron chi connectivity index (χ3n) is 2.01. The van der Waals surface area contributed by atoms with Crippen molar-refractivity contribution in [3.05, 3.63) is 38.9 Å². The third-order valence-corrected chi connectivity index (χ3v) is 2.24. The predicted octanol–water partition coefficient (Wildman–Crippen LogP) is 2.69. The normalized spacial score (nSPS) is 11.5. The van der Waals surface area contributed by atoms with Crippen molar-refractivity contribution in [2.45, 2.75) is 12.3 Å². The predicted molar refractivity (Wildman–Crippen MR) is 55.7 cm³/mol. The second kappa shape index (κ2) is 4.71. The van der Waals surface area contributed by atoms with E-state index < -0.39 is 28.5 Å². The van der Waals surface area contributed by atoms with Crippen molar-refractivity contribution in [3.8, 4) is 0 Å². The van der Waals surface area contributed by atoms with Gasteiger partial charge in [0.1, 0.15) is 0 Å². The molecule has 1 aromatic carbocycles. The highest BCUT2D eigenvalue weighted by atomic mass is 35.5. The van der Waals surface area contributed by atoms with Crippen LogP contribution < -0.4 is 5.73 Å². The summed E-state index contributed by atoms with van der Waals surface area (Å²) in [5, 5.41) is 10.6. The molecule has 0 heterocycles. The molecular formula is C9H9ClF2N2O2. The largest absolute Gasteiger partial charge is 0.330 e. The molecule has 7 heteroatoms. The van der Waals surface area contributed by atoms with Gasteiger partial charge in [-0.1, -0.05) is 11.6 Å². The van der Waals surface area contributed by atoms with E-state index in [0.29, 0.717) is 0 Å². The minimum absolute atomic E-state index is 0.0253. The Morgan fingerprint density at radius 1 is 1.50 bits per heavy atom. The molecule has 0 amide bonds. The first-order valence-electron chi connectivity index (χ1n) is 4.41. The quantitative estimate of drug-likeness (QED) is 0.660. The zero-order valence-corrected chi connectivity index (χ0v) is 8.88. The molecule has 0 aliphatic heterocycles. The van der Waals surface area contributed by atoms with Gasteiger partial charge in [-0.05, 0) is 18.7 Å². The molecule has 0 bridgehead atoms. The van der Waals surface area contributed by atoms with Gasteiger partial charge in [-0.15, -0.1) is 0 Å². The molecule has 0 atom stereocenters. The molecule has 0 aromatic heterocycles. The van der Waals surface area contributed by atoms with Gasteiger partial charge in [-0.2, -0.15) is 0 Å². The van der Waals surface area contributed by atoms with Crippen LogP contribution in [-0.4, -0.2) is 11.5 Å². The van der Waals surface area contributed by atoms with Gasteiger partial charge >= 0.3 is 0 Å². The van der Waals surface area contributed by atoms with Gasteiger partial charge in [-0.3, -0.25) is 10.1 Å². The summed E-state index contributed by atoms with van der Waals surface area (Å²) in [6.07, 6.45) is -0.659. The number of nitro benzene ring substituents is 1. The lowest BCUT2D eigenvalue weighted by molar-refractivity contribution is -0.387. The average molecular weight is 251 g/mol. The number of hydrogen-bond acceptors (Lipinski definition) is 3. The fraction of sp³-hybridized carbons (Fsp3) is 0.333. The molecule has 0 unspecified atom stereocenters. The summed E-state index contributed by atoms with van der Waals surface area (Å²) in [7, 11) is 0. The Kier molecular flexibility index (Phi) is 3.77. The van der Waals surface area contributed by atoms with E-state index in [2.05, 4.69) is 0 Å². The molecule has 0 aliphatic carbocycles. The van der Waals surface area contributed by atoms with Crippen LogP contribution in [0.5, 0.6) is 0 Å². The van der Waals surface area contributed by atoms with Crippen LogP contribution in [0.4, 0.5) is 14.5 Å². The van der Waals surface area contributed by atoms with Crippen LogP contribution in [0.25, 0.3) is 0 Å². The molecule has 0 aliphatic rings. The Labute approximate surface area is 95.2 Å². The molecule has 1 rings (SSSR count). The number of nitrogens with zero attached hydrogens (tertiary/aromatic N) is 1. The van der Waals surface area contributed by atoms with Crippen molar-refractivity contribution < 1.29 is 13.7 Å². The molecule has 2 N–H and O–H groups in total. The summed E-state index contributed by atoms with van der Waals surface area (Å²) in [6, 6.07) is 3.05. The SMILES string of the molecule is NCCC(F)(F)c1cc(Cl)ccc1[N+](=O)[O-]. The summed E-state index contributed by atoms with van der Waals surface area (Å²) < 4.78 is 27.0. The first-order valence-corrected chi connectivity index (χ1v) is 4.78. The van der Waals surface area contributed by atoms with Crippen LogP contribution in [0.15, 0.2) is 18.2 Å². The Morgan fingerprint density at radius 2 is 2.12 bits per heavy atom. The van der Waals surface area contributed by atoms with Gasteiger partial charge in [0.05, 0.1) is 10.5 Å². The van der Waals surface area contributed by atoms with E-state index in [1.165, 1.54) is 6.07 Å². The van der Waals surface area contributed by atoms with Gasteiger partial charge < -0.3 is 5.73 Å². The van der Waals surface area contributed by atoms with Crippen LogP contribution in [0.3, 0.4) is 0 Å². The topological polar surface area (TPSA) is 69.2 Å². The summed E-state index contributed by atoms with van der Waals surface area (Å²) in [5.41, 5.74) is 3.68. The molecular weight excluding hydrogens is 242 g/mol. The maximum absolute atomic E-state index is 13.5. The Morgan fingerprint density at radius 3 is 2.62 bits per heavy atom. The Balaban J connectivity index is 3.29. The number of nitrogens with two attached hydrogens (primary N) is 1. The molecule has 0 radical (unpaired) electrons. The highest BCUT2D eigenvalue weighted by Gasteiger charge is 2.37. The summed E-state index contributed by atoms with van der Waals surface area (Å²) in [4.78, 5) is 9.72. The Bertz CT molecular complexity index is 412. The van der Waals surface area contributed by atoms with Gasteiger partial charge in [0.15, 0.2) is 0 Å². The highest BCUT2D eigenvalue weighted by Crippen LogP contribution is 2.38. The van der Waals surface area contributed by atoms with Crippen molar-refractivity contribution in [3.63, 3.8) is 0 Å². The van der Waals surface area contributed by atoms with Crippen LogP contribution >= 0.6 is 11.6 Å². The lowest BCUT2D eigenvalue weighted by Crippen LogP contribution is -2.20. The summed E-state index contributed by atoms with van der Waals surface area (Å²) in [5.74, 6) is -3.35. The van der Waals surface area contributed by atoms with E-state index in [1.807, 2.05) is 0 Å². The number of halogens is 3. The number of hydrogen-bond donors (Lipinski definition) is 1. The van der Waals surface area contributed by atoms with Crippen molar-refractivity contribution in [1.29, 1.82) is 0 Å². The second-order valence-electron chi connectivity index (χ2n) is 3.16. The van der Waals surface area contributed by atoms with Crippen molar-refractivity contribution in [1.82, 2.24) is 0 Å². The third kappa shape index (κ3) is 2.65. The van der Waals surface area contributed by atoms with E-state index in [4.69, 9.17) is 17.3 Å². The molecule has 1 aromatic rings. The monoisotopic (exact) mass is 250 g/mol. The standard InChI is InChI=1S/C9H9ClF2N2O2/c10-6-1-2-8(14(15)16)7(5-6)9(11,12)3-4-13/h1-2,5H,3-4,13H2. The molecule has 88 valence electrons. The molecule has 16 heavy (non-hydrogen) atoms. The molecule has 0 saturated heterocycles.